The fourth-order valence-corrected chi connectivity index (χ4v) is 4.18. The molecule has 136 valence electrons. The third-order valence-corrected chi connectivity index (χ3v) is 5.48. The molecule has 4 N–H and O–H groups in total. The predicted octanol–water partition coefficient (Wildman–Crippen LogP) is 0.693. The molecule has 2 fully saturated rings. The second-order valence-electron chi connectivity index (χ2n) is 7.10. The minimum Gasteiger partial charge on any atom is -0.459 e. The Morgan fingerprint density at radius 3 is 2.84 bits per heavy atom. The van der Waals surface area contributed by atoms with E-state index in [1.807, 2.05) is 30.3 Å². The summed E-state index contributed by atoms with van der Waals surface area (Å²) in [5.74, 6) is 0.0481. The van der Waals surface area contributed by atoms with Crippen LogP contribution in [0.15, 0.2) is 30.3 Å². The lowest BCUT2D eigenvalue weighted by molar-refractivity contribution is -0.155. The molecule has 7 heteroatoms. The van der Waals surface area contributed by atoms with Crippen molar-refractivity contribution in [2.75, 3.05) is 13.1 Å². The van der Waals surface area contributed by atoms with E-state index in [2.05, 4.69) is 10.6 Å². The zero-order valence-electron chi connectivity index (χ0n) is 14.5. The molecule has 3 rings (SSSR count). The molecule has 0 radical (unpaired) electrons. The quantitative estimate of drug-likeness (QED) is 0.315. The summed E-state index contributed by atoms with van der Waals surface area (Å²) in [6, 6.07) is 10.0. The Morgan fingerprint density at radius 2 is 2.08 bits per heavy atom. The molecule has 0 unspecified atom stereocenters. The monoisotopic (exact) mass is 346 g/mol. The maximum absolute atomic E-state index is 13.0. The van der Waals surface area contributed by atoms with Crippen LogP contribution in [0.5, 0.6) is 0 Å². The molecular formula is C18H27BN2O4. The lowest BCUT2D eigenvalue weighted by atomic mass is 9.77. The molecule has 2 aliphatic rings. The minimum atomic E-state index is -1.28. The highest BCUT2D eigenvalue weighted by Crippen LogP contribution is 2.38. The molecule has 0 amide bonds. The van der Waals surface area contributed by atoms with Crippen molar-refractivity contribution in [2.45, 2.75) is 50.2 Å². The zero-order valence-corrected chi connectivity index (χ0v) is 14.5. The fourth-order valence-electron chi connectivity index (χ4n) is 4.18. The third-order valence-electron chi connectivity index (χ3n) is 5.48. The highest BCUT2D eigenvalue weighted by Gasteiger charge is 2.55. The Balaban J connectivity index is 1.64. The first kappa shape index (κ1) is 18.4. The van der Waals surface area contributed by atoms with Gasteiger partial charge < -0.3 is 25.4 Å². The van der Waals surface area contributed by atoms with Gasteiger partial charge in [0.1, 0.15) is 12.1 Å². The number of benzene rings is 1. The van der Waals surface area contributed by atoms with Crippen molar-refractivity contribution >= 4 is 13.1 Å². The zero-order chi connectivity index (χ0) is 17.7. The first-order valence-corrected chi connectivity index (χ1v) is 9.17. The number of rotatable bonds is 8. The summed E-state index contributed by atoms with van der Waals surface area (Å²) in [6.07, 6.45) is 3.39. The van der Waals surface area contributed by atoms with Gasteiger partial charge in [-0.3, -0.25) is 4.79 Å². The molecule has 0 aliphatic carbocycles. The summed E-state index contributed by atoms with van der Waals surface area (Å²) in [4.78, 5) is 13.0. The standard InChI is InChI=1S/C18H27BN2O4/c22-17(25-13-14-6-2-1-3-7-14)18(9-4-5-10-19(23)24)15-8-11-20-16(15)12-21-18/h1-3,6-7,15-16,20-21,23-24H,4-5,8-13H2/t15-,16-,18+/m0/s1. The van der Waals surface area contributed by atoms with Crippen LogP contribution >= 0.6 is 0 Å². The van der Waals surface area contributed by atoms with E-state index < -0.39 is 12.7 Å². The molecule has 0 aromatic heterocycles. The fraction of sp³-hybridized carbons (Fsp3) is 0.611. The summed E-state index contributed by atoms with van der Waals surface area (Å²) in [5.41, 5.74) is 0.317. The number of unbranched alkanes of at least 4 members (excludes halogenated alkanes) is 1. The summed E-state index contributed by atoms with van der Waals surface area (Å²) < 4.78 is 5.67. The van der Waals surface area contributed by atoms with Gasteiger partial charge in [0.25, 0.3) is 0 Å². The minimum absolute atomic E-state index is 0.183. The van der Waals surface area contributed by atoms with E-state index in [9.17, 15) is 4.79 Å². The molecule has 2 heterocycles. The number of carbonyl (C=O) groups excluding carboxylic acids is 1. The predicted molar refractivity (Wildman–Crippen MR) is 95.7 cm³/mol. The van der Waals surface area contributed by atoms with Crippen LogP contribution in [0.2, 0.25) is 6.32 Å². The van der Waals surface area contributed by atoms with Crippen molar-refractivity contribution < 1.29 is 19.6 Å². The molecule has 25 heavy (non-hydrogen) atoms. The van der Waals surface area contributed by atoms with Crippen LogP contribution in [-0.4, -0.2) is 47.8 Å². The summed E-state index contributed by atoms with van der Waals surface area (Å²) in [7, 11) is -1.28. The first-order chi connectivity index (χ1) is 12.1. The number of hydrogen-bond acceptors (Lipinski definition) is 6. The van der Waals surface area contributed by atoms with Gasteiger partial charge in [-0.25, -0.2) is 0 Å². The second-order valence-corrected chi connectivity index (χ2v) is 7.10. The number of hydrogen-bond donors (Lipinski definition) is 4. The molecule has 2 aliphatic heterocycles. The Bertz CT molecular complexity index is 571. The average Bonchev–Trinajstić information content (AvgIpc) is 3.21. The van der Waals surface area contributed by atoms with Crippen LogP contribution in [0, 0.1) is 5.92 Å². The molecule has 6 nitrogen and oxygen atoms in total. The van der Waals surface area contributed by atoms with Gasteiger partial charge in [-0.05, 0) is 31.3 Å². The number of carbonyl (C=O) groups is 1. The number of esters is 1. The maximum atomic E-state index is 13.0. The summed E-state index contributed by atoms with van der Waals surface area (Å²) in [5, 5.41) is 24.9. The topological polar surface area (TPSA) is 90.8 Å². The van der Waals surface area contributed by atoms with E-state index in [4.69, 9.17) is 14.8 Å². The first-order valence-electron chi connectivity index (χ1n) is 9.17. The molecule has 0 bridgehead atoms. The van der Waals surface area contributed by atoms with Crippen molar-refractivity contribution in [3.05, 3.63) is 35.9 Å². The van der Waals surface area contributed by atoms with E-state index in [-0.39, 0.29) is 18.5 Å². The Hall–Kier alpha value is -1.41. The van der Waals surface area contributed by atoms with Crippen LogP contribution in [0.3, 0.4) is 0 Å². The molecule has 3 atom stereocenters. The lowest BCUT2D eigenvalue weighted by Gasteiger charge is -2.32. The molecule has 0 saturated carbocycles. The second kappa shape index (κ2) is 8.32. The molecular weight excluding hydrogens is 319 g/mol. The van der Waals surface area contributed by atoms with E-state index >= 15 is 0 Å². The Morgan fingerprint density at radius 1 is 1.28 bits per heavy atom. The summed E-state index contributed by atoms with van der Waals surface area (Å²) >= 11 is 0. The van der Waals surface area contributed by atoms with Crippen molar-refractivity contribution in [2.24, 2.45) is 5.92 Å². The van der Waals surface area contributed by atoms with Gasteiger partial charge >= 0.3 is 13.1 Å². The van der Waals surface area contributed by atoms with Crippen LogP contribution < -0.4 is 10.6 Å². The number of ether oxygens (including phenoxy) is 1. The normalized spacial score (nSPS) is 27.9. The smallest absolute Gasteiger partial charge is 0.451 e. The number of fused-ring (bicyclic) bond motifs is 1. The molecule has 0 spiro atoms. The Labute approximate surface area is 149 Å². The van der Waals surface area contributed by atoms with E-state index in [0.717, 1.165) is 31.5 Å². The summed E-state index contributed by atoms with van der Waals surface area (Å²) in [6.45, 7) is 1.98. The largest absolute Gasteiger partial charge is 0.459 e. The van der Waals surface area contributed by atoms with Gasteiger partial charge in [0, 0.05) is 18.5 Å². The van der Waals surface area contributed by atoms with Crippen LogP contribution in [0.4, 0.5) is 0 Å². The van der Waals surface area contributed by atoms with Gasteiger partial charge in [0.05, 0.1) is 0 Å². The maximum Gasteiger partial charge on any atom is 0.451 e. The van der Waals surface area contributed by atoms with Gasteiger partial charge in [0.2, 0.25) is 0 Å². The third kappa shape index (κ3) is 4.23. The van der Waals surface area contributed by atoms with Gasteiger partial charge in [-0.1, -0.05) is 43.2 Å². The van der Waals surface area contributed by atoms with Gasteiger partial charge in [-0.2, -0.15) is 0 Å². The van der Waals surface area contributed by atoms with Gasteiger partial charge in [0.15, 0.2) is 0 Å². The van der Waals surface area contributed by atoms with Crippen LogP contribution in [0.1, 0.15) is 31.2 Å². The van der Waals surface area contributed by atoms with Crippen LogP contribution in [0.25, 0.3) is 0 Å². The Kier molecular flexibility index (Phi) is 6.12. The lowest BCUT2D eigenvalue weighted by Crippen LogP contribution is -2.53. The average molecular weight is 346 g/mol. The number of nitrogens with one attached hydrogen (secondary N) is 2. The van der Waals surface area contributed by atoms with E-state index in [1.165, 1.54) is 0 Å². The molecule has 2 saturated heterocycles. The SMILES string of the molecule is O=C(OCc1ccccc1)[C@]1(CCCCB(O)O)NC[C@@H]2NCC[C@@H]21. The van der Waals surface area contributed by atoms with Crippen molar-refractivity contribution in [3.63, 3.8) is 0 Å². The molecule has 1 aromatic carbocycles. The van der Waals surface area contributed by atoms with E-state index in [1.54, 1.807) is 0 Å². The van der Waals surface area contributed by atoms with Crippen LogP contribution in [-0.2, 0) is 16.1 Å². The van der Waals surface area contributed by atoms with Crippen molar-refractivity contribution in [1.29, 1.82) is 0 Å². The van der Waals surface area contributed by atoms with Gasteiger partial charge in [-0.15, -0.1) is 0 Å². The van der Waals surface area contributed by atoms with Crippen molar-refractivity contribution in [1.82, 2.24) is 10.6 Å². The van der Waals surface area contributed by atoms with E-state index in [0.29, 0.717) is 25.2 Å². The highest BCUT2D eigenvalue weighted by molar-refractivity contribution is 6.40. The molecule has 1 aromatic rings. The highest BCUT2D eigenvalue weighted by atomic mass is 16.5. The van der Waals surface area contributed by atoms with Crippen molar-refractivity contribution in [3.8, 4) is 0 Å².